The van der Waals surface area contributed by atoms with Gasteiger partial charge in [-0.15, -0.1) is 0 Å². The summed E-state index contributed by atoms with van der Waals surface area (Å²) in [4.78, 5) is 2.45. The van der Waals surface area contributed by atoms with Crippen molar-refractivity contribution in [2.45, 2.75) is 25.8 Å². The molecule has 2 nitrogen and oxygen atoms in total. The lowest BCUT2D eigenvalue weighted by molar-refractivity contribution is 0.303. The van der Waals surface area contributed by atoms with Gasteiger partial charge in [-0.3, -0.25) is 0 Å². The molecule has 70 valence electrons. The first kappa shape index (κ1) is 9.75. The first-order valence-corrected chi connectivity index (χ1v) is 4.86. The third-order valence-electron chi connectivity index (χ3n) is 2.55. The Hall–Kier alpha value is -0.340. The maximum absolute atomic E-state index is 3.43. The van der Waals surface area contributed by atoms with Crippen LogP contribution in [0.3, 0.4) is 0 Å². The molecular formula is C10H20N2. The van der Waals surface area contributed by atoms with Crippen molar-refractivity contribution in [2.75, 3.05) is 26.7 Å². The minimum Gasteiger partial charge on any atom is -0.312 e. The van der Waals surface area contributed by atoms with Gasteiger partial charge < -0.3 is 10.2 Å². The van der Waals surface area contributed by atoms with Crippen molar-refractivity contribution >= 4 is 0 Å². The second-order valence-corrected chi connectivity index (χ2v) is 3.50. The van der Waals surface area contributed by atoms with Gasteiger partial charge in [0.05, 0.1) is 0 Å². The molecule has 1 fully saturated rings. The van der Waals surface area contributed by atoms with E-state index in [1.807, 2.05) is 0 Å². The fourth-order valence-corrected chi connectivity index (χ4v) is 1.69. The van der Waals surface area contributed by atoms with Gasteiger partial charge in [-0.2, -0.15) is 0 Å². The van der Waals surface area contributed by atoms with E-state index in [1.54, 1.807) is 0 Å². The summed E-state index contributed by atoms with van der Waals surface area (Å²) in [5, 5.41) is 3.43. The number of nitrogens with zero attached hydrogens (tertiary/aromatic N) is 1. The average molecular weight is 168 g/mol. The molecule has 0 saturated carbocycles. The van der Waals surface area contributed by atoms with Gasteiger partial charge in [0.2, 0.25) is 0 Å². The Morgan fingerprint density at radius 2 is 2.42 bits per heavy atom. The molecule has 1 heterocycles. The molecule has 1 N–H and O–H groups in total. The Balaban J connectivity index is 2.06. The van der Waals surface area contributed by atoms with Crippen LogP contribution < -0.4 is 5.32 Å². The van der Waals surface area contributed by atoms with E-state index >= 15 is 0 Å². The van der Waals surface area contributed by atoms with Crippen LogP contribution in [0.2, 0.25) is 0 Å². The Bertz CT molecular complexity index is 143. The minimum atomic E-state index is 0.773. The van der Waals surface area contributed by atoms with Crippen molar-refractivity contribution in [3.8, 4) is 0 Å². The van der Waals surface area contributed by atoms with Crippen LogP contribution in [0.15, 0.2) is 12.2 Å². The highest BCUT2D eigenvalue weighted by molar-refractivity contribution is 4.83. The second kappa shape index (κ2) is 5.33. The molecule has 0 aliphatic carbocycles. The SMILES string of the molecule is C/C=C/CNCC1CCCN1C. The number of rotatable bonds is 4. The van der Waals surface area contributed by atoms with Gasteiger partial charge >= 0.3 is 0 Å². The van der Waals surface area contributed by atoms with E-state index in [0.29, 0.717) is 0 Å². The zero-order valence-electron chi connectivity index (χ0n) is 8.21. The van der Waals surface area contributed by atoms with Gasteiger partial charge in [-0.05, 0) is 33.4 Å². The van der Waals surface area contributed by atoms with Crippen LogP contribution in [0.1, 0.15) is 19.8 Å². The zero-order valence-corrected chi connectivity index (χ0v) is 8.21. The molecule has 1 saturated heterocycles. The summed E-state index contributed by atoms with van der Waals surface area (Å²) in [6, 6.07) is 0.773. The fraction of sp³-hybridized carbons (Fsp3) is 0.800. The van der Waals surface area contributed by atoms with E-state index in [9.17, 15) is 0 Å². The van der Waals surface area contributed by atoms with Crippen molar-refractivity contribution in [3.05, 3.63) is 12.2 Å². The molecule has 0 amide bonds. The van der Waals surface area contributed by atoms with Crippen molar-refractivity contribution in [1.82, 2.24) is 10.2 Å². The molecule has 0 bridgehead atoms. The molecule has 0 aromatic heterocycles. The highest BCUT2D eigenvalue weighted by atomic mass is 15.2. The summed E-state index contributed by atoms with van der Waals surface area (Å²) in [7, 11) is 2.22. The average Bonchev–Trinajstić information content (AvgIpc) is 2.46. The van der Waals surface area contributed by atoms with E-state index in [4.69, 9.17) is 0 Å². The highest BCUT2D eigenvalue weighted by Gasteiger charge is 2.19. The Kier molecular flexibility index (Phi) is 4.33. The molecule has 0 radical (unpaired) electrons. The highest BCUT2D eigenvalue weighted by Crippen LogP contribution is 2.13. The molecule has 1 rings (SSSR count). The Morgan fingerprint density at radius 3 is 3.00 bits per heavy atom. The van der Waals surface area contributed by atoms with E-state index in [1.165, 1.54) is 19.4 Å². The summed E-state index contributed by atoms with van der Waals surface area (Å²) >= 11 is 0. The first-order valence-electron chi connectivity index (χ1n) is 4.86. The first-order chi connectivity index (χ1) is 5.84. The third kappa shape index (κ3) is 2.95. The fourth-order valence-electron chi connectivity index (χ4n) is 1.69. The van der Waals surface area contributed by atoms with E-state index in [2.05, 4.69) is 36.3 Å². The van der Waals surface area contributed by atoms with Crippen molar-refractivity contribution < 1.29 is 0 Å². The molecule has 0 aromatic carbocycles. The molecule has 1 atom stereocenters. The molecule has 2 heteroatoms. The molecule has 0 spiro atoms. The number of likely N-dealkylation sites (tertiary alicyclic amines) is 1. The van der Waals surface area contributed by atoms with E-state index in [0.717, 1.165) is 19.1 Å². The molecular weight excluding hydrogens is 148 g/mol. The Labute approximate surface area is 75.6 Å². The topological polar surface area (TPSA) is 15.3 Å². The van der Waals surface area contributed by atoms with Crippen LogP contribution in [0.4, 0.5) is 0 Å². The van der Waals surface area contributed by atoms with Gasteiger partial charge in [0.15, 0.2) is 0 Å². The Morgan fingerprint density at radius 1 is 1.58 bits per heavy atom. The normalized spacial score (nSPS) is 25.7. The van der Waals surface area contributed by atoms with E-state index < -0.39 is 0 Å². The van der Waals surface area contributed by atoms with Crippen LogP contribution in [-0.4, -0.2) is 37.6 Å². The largest absolute Gasteiger partial charge is 0.312 e. The molecule has 1 aliphatic heterocycles. The monoisotopic (exact) mass is 168 g/mol. The lowest BCUT2D eigenvalue weighted by Crippen LogP contribution is -2.35. The summed E-state index contributed by atoms with van der Waals surface area (Å²) < 4.78 is 0. The zero-order chi connectivity index (χ0) is 8.81. The van der Waals surface area contributed by atoms with Crippen LogP contribution in [-0.2, 0) is 0 Å². The van der Waals surface area contributed by atoms with Gasteiger partial charge in [-0.1, -0.05) is 12.2 Å². The minimum absolute atomic E-state index is 0.773. The number of nitrogens with one attached hydrogen (secondary N) is 1. The molecule has 1 unspecified atom stereocenters. The van der Waals surface area contributed by atoms with Gasteiger partial charge in [0.1, 0.15) is 0 Å². The van der Waals surface area contributed by atoms with Crippen molar-refractivity contribution in [1.29, 1.82) is 0 Å². The lowest BCUT2D eigenvalue weighted by Gasteiger charge is -2.19. The standard InChI is InChI=1S/C10H20N2/c1-3-4-7-11-9-10-6-5-8-12(10)2/h3-4,10-11H,5-9H2,1-2H3/b4-3+. The maximum atomic E-state index is 3.43. The molecule has 0 aromatic rings. The van der Waals surface area contributed by atoms with Crippen molar-refractivity contribution in [3.63, 3.8) is 0 Å². The second-order valence-electron chi connectivity index (χ2n) is 3.50. The number of hydrogen-bond donors (Lipinski definition) is 1. The van der Waals surface area contributed by atoms with Crippen LogP contribution in [0, 0.1) is 0 Å². The maximum Gasteiger partial charge on any atom is 0.0218 e. The van der Waals surface area contributed by atoms with E-state index in [-0.39, 0.29) is 0 Å². The quantitative estimate of drug-likeness (QED) is 0.502. The summed E-state index contributed by atoms with van der Waals surface area (Å²) in [5.41, 5.74) is 0. The molecule has 12 heavy (non-hydrogen) atoms. The third-order valence-corrected chi connectivity index (χ3v) is 2.55. The number of hydrogen-bond acceptors (Lipinski definition) is 2. The predicted octanol–water partition coefficient (Wildman–Crippen LogP) is 1.25. The van der Waals surface area contributed by atoms with Crippen LogP contribution in [0.5, 0.6) is 0 Å². The molecule has 1 aliphatic rings. The van der Waals surface area contributed by atoms with Crippen molar-refractivity contribution in [2.24, 2.45) is 0 Å². The smallest absolute Gasteiger partial charge is 0.0218 e. The number of allylic oxidation sites excluding steroid dienone is 1. The van der Waals surface area contributed by atoms with Gasteiger partial charge in [0.25, 0.3) is 0 Å². The predicted molar refractivity (Wildman–Crippen MR) is 53.3 cm³/mol. The lowest BCUT2D eigenvalue weighted by atomic mass is 10.2. The summed E-state index contributed by atoms with van der Waals surface area (Å²) in [6.07, 6.45) is 6.98. The number of likely N-dealkylation sites (N-methyl/N-ethyl adjacent to an activating group) is 1. The summed E-state index contributed by atoms with van der Waals surface area (Å²) in [6.45, 7) is 5.49. The summed E-state index contributed by atoms with van der Waals surface area (Å²) in [5.74, 6) is 0. The van der Waals surface area contributed by atoms with Gasteiger partial charge in [-0.25, -0.2) is 0 Å². The van der Waals surface area contributed by atoms with Gasteiger partial charge in [0, 0.05) is 19.1 Å². The van der Waals surface area contributed by atoms with Crippen LogP contribution in [0.25, 0.3) is 0 Å². The van der Waals surface area contributed by atoms with Crippen LogP contribution >= 0.6 is 0 Å².